The number of pyridine rings is 2. The molecular weight excluding hydrogens is 513 g/mol. The van der Waals surface area contributed by atoms with Gasteiger partial charge in [-0.25, -0.2) is 9.97 Å². The summed E-state index contributed by atoms with van der Waals surface area (Å²) in [5.74, 6) is 2.86. The molecule has 0 atom stereocenters. The van der Waals surface area contributed by atoms with E-state index in [0.29, 0.717) is 12.6 Å². The molecule has 1 aromatic carbocycles. The van der Waals surface area contributed by atoms with Crippen molar-refractivity contribution in [2.45, 2.75) is 25.4 Å². The number of rotatable bonds is 5. The number of guanidine groups is 1. The maximum atomic E-state index is 4.75. The number of hydrogen-bond donors (Lipinski definition) is 2. The van der Waals surface area contributed by atoms with Gasteiger partial charge < -0.3 is 20.4 Å². The molecule has 2 N–H and O–H groups in total. The minimum atomic E-state index is 0. The van der Waals surface area contributed by atoms with E-state index in [9.17, 15) is 0 Å². The van der Waals surface area contributed by atoms with E-state index >= 15 is 0 Å². The second-order valence-electron chi connectivity index (χ2n) is 8.07. The van der Waals surface area contributed by atoms with Crippen LogP contribution in [0.5, 0.6) is 0 Å². The zero-order valence-electron chi connectivity index (χ0n) is 19.0. The molecule has 0 unspecified atom stereocenters. The highest BCUT2D eigenvalue weighted by Gasteiger charge is 2.20. The van der Waals surface area contributed by atoms with Crippen molar-refractivity contribution in [3.8, 4) is 0 Å². The van der Waals surface area contributed by atoms with E-state index in [2.05, 4.69) is 55.8 Å². The van der Waals surface area contributed by atoms with Gasteiger partial charge >= 0.3 is 0 Å². The summed E-state index contributed by atoms with van der Waals surface area (Å²) >= 11 is 0. The molecule has 1 saturated heterocycles. The quantitative estimate of drug-likeness (QED) is 0.290. The van der Waals surface area contributed by atoms with Gasteiger partial charge in [-0.1, -0.05) is 24.3 Å². The van der Waals surface area contributed by atoms with Crippen LogP contribution in [0.2, 0.25) is 0 Å². The van der Waals surface area contributed by atoms with Crippen molar-refractivity contribution in [3.63, 3.8) is 0 Å². The highest BCUT2D eigenvalue weighted by atomic mass is 127. The van der Waals surface area contributed by atoms with Gasteiger partial charge in [0.2, 0.25) is 0 Å². The summed E-state index contributed by atoms with van der Waals surface area (Å²) in [5, 5.41) is 8.27. The van der Waals surface area contributed by atoms with E-state index in [4.69, 9.17) is 4.98 Å². The highest BCUT2D eigenvalue weighted by molar-refractivity contribution is 14.0. The average Bonchev–Trinajstić information content (AvgIpc) is 2.82. The summed E-state index contributed by atoms with van der Waals surface area (Å²) in [7, 11) is 5.87. The molecule has 32 heavy (non-hydrogen) atoms. The van der Waals surface area contributed by atoms with E-state index < -0.39 is 0 Å². The number of para-hydroxylation sites is 1. The molecule has 2 aromatic heterocycles. The number of piperidine rings is 1. The lowest BCUT2D eigenvalue weighted by Crippen LogP contribution is -2.48. The number of hydrogen-bond acceptors (Lipinski definition) is 5. The Labute approximate surface area is 207 Å². The van der Waals surface area contributed by atoms with Crippen molar-refractivity contribution in [3.05, 3.63) is 60.3 Å². The number of benzene rings is 1. The minimum Gasteiger partial charge on any atom is -0.363 e. The number of aliphatic imine (C=N–C) groups is 1. The summed E-state index contributed by atoms with van der Waals surface area (Å²) in [6.07, 6.45) is 3.97. The first-order chi connectivity index (χ1) is 15.1. The standard InChI is InChI=1S/C24H31N7.HI/c1-25-24(28-19-11-14-31(15-12-19)22-10-6-7-13-26-22)27-17-18-16-23(30(2)3)29-21-9-5-4-8-20(18)21;/h4-10,13,16,19H,11-12,14-15,17H2,1-3H3,(H2,25,27,28);1H. The van der Waals surface area contributed by atoms with Gasteiger partial charge in [0.15, 0.2) is 5.96 Å². The molecule has 1 aliphatic heterocycles. The van der Waals surface area contributed by atoms with Gasteiger partial charge in [0.05, 0.1) is 5.52 Å². The molecule has 8 heteroatoms. The third-order valence-corrected chi connectivity index (χ3v) is 5.73. The van der Waals surface area contributed by atoms with Crippen LogP contribution < -0.4 is 20.4 Å². The highest BCUT2D eigenvalue weighted by Crippen LogP contribution is 2.22. The molecule has 0 aliphatic carbocycles. The predicted octanol–water partition coefficient (Wildman–Crippen LogP) is 3.65. The molecule has 0 saturated carbocycles. The second kappa shape index (κ2) is 11.3. The monoisotopic (exact) mass is 545 g/mol. The number of aromatic nitrogens is 2. The fraction of sp³-hybridized carbons (Fsp3) is 0.375. The van der Waals surface area contributed by atoms with E-state index in [1.54, 1.807) is 0 Å². The van der Waals surface area contributed by atoms with Gasteiger partial charge in [-0.15, -0.1) is 24.0 Å². The van der Waals surface area contributed by atoms with Crippen molar-refractivity contribution in [1.82, 2.24) is 20.6 Å². The Balaban J connectivity index is 0.00000289. The van der Waals surface area contributed by atoms with Crippen molar-refractivity contribution in [1.29, 1.82) is 0 Å². The summed E-state index contributed by atoms with van der Waals surface area (Å²) in [6.45, 7) is 2.68. The first kappa shape index (κ1) is 24.0. The third-order valence-electron chi connectivity index (χ3n) is 5.73. The van der Waals surface area contributed by atoms with Crippen LogP contribution in [-0.4, -0.2) is 56.2 Å². The molecule has 4 rings (SSSR count). The molecule has 3 aromatic rings. The van der Waals surface area contributed by atoms with Crippen LogP contribution in [0.25, 0.3) is 10.9 Å². The number of nitrogens with zero attached hydrogens (tertiary/aromatic N) is 5. The van der Waals surface area contributed by atoms with Crippen LogP contribution in [0.4, 0.5) is 11.6 Å². The molecule has 3 heterocycles. The fourth-order valence-corrected chi connectivity index (χ4v) is 3.97. The lowest BCUT2D eigenvalue weighted by molar-refractivity contribution is 0.459. The first-order valence-corrected chi connectivity index (χ1v) is 10.8. The second-order valence-corrected chi connectivity index (χ2v) is 8.07. The SMILES string of the molecule is CN=C(NCc1cc(N(C)C)nc2ccccc12)NC1CCN(c2ccccn2)CC1.I. The Hall–Kier alpha value is -2.62. The molecule has 1 aliphatic rings. The van der Waals surface area contributed by atoms with Gasteiger partial charge in [0, 0.05) is 58.4 Å². The molecular formula is C24H32IN7. The van der Waals surface area contributed by atoms with Gasteiger partial charge in [-0.05, 0) is 42.7 Å². The van der Waals surface area contributed by atoms with Gasteiger partial charge in [-0.3, -0.25) is 4.99 Å². The molecule has 7 nitrogen and oxygen atoms in total. The van der Waals surface area contributed by atoms with E-state index in [0.717, 1.165) is 49.0 Å². The molecule has 0 bridgehead atoms. The van der Waals surface area contributed by atoms with Crippen LogP contribution in [0, 0.1) is 0 Å². The zero-order valence-corrected chi connectivity index (χ0v) is 21.3. The normalized spacial score (nSPS) is 14.7. The largest absolute Gasteiger partial charge is 0.363 e. The van der Waals surface area contributed by atoms with E-state index in [1.165, 1.54) is 10.9 Å². The summed E-state index contributed by atoms with van der Waals surface area (Å²) in [4.78, 5) is 18.1. The Morgan fingerprint density at radius 2 is 1.88 bits per heavy atom. The zero-order chi connectivity index (χ0) is 21.6. The van der Waals surface area contributed by atoms with E-state index in [-0.39, 0.29) is 24.0 Å². The van der Waals surface area contributed by atoms with Gasteiger partial charge in [-0.2, -0.15) is 0 Å². The Kier molecular flexibility index (Phi) is 8.49. The third kappa shape index (κ3) is 5.79. The van der Waals surface area contributed by atoms with Crippen molar-refractivity contribution in [2.75, 3.05) is 44.0 Å². The summed E-state index contributed by atoms with van der Waals surface area (Å²) in [5.41, 5.74) is 2.22. The number of nitrogens with one attached hydrogen (secondary N) is 2. The van der Waals surface area contributed by atoms with Crippen molar-refractivity contribution >= 4 is 52.5 Å². The topological polar surface area (TPSA) is 68.7 Å². The van der Waals surface area contributed by atoms with Crippen LogP contribution in [0.15, 0.2) is 59.7 Å². The lowest BCUT2D eigenvalue weighted by Gasteiger charge is -2.33. The maximum Gasteiger partial charge on any atom is 0.191 e. The molecule has 0 spiro atoms. The van der Waals surface area contributed by atoms with Crippen LogP contribution >= 0.6 is 24.0 Å². The molecule has 0 radical (unpaired) electrons. The fourth-order valence-electron chi connectivity index (χ4n) is 3.97. The van der Waals surface area contributed by atoms with Crippen molar-refractivity contribution < 1.29 is 0 Å². The van der Waals surface area contributed by atoms with Gasteiger partial charge in [0.1, 0.15) is 11.6 Å². The van der Waals surface area contributed by atoms with Crippen molar-refractivity contribution in [2.24, 2.45) is 4.99 Å². The molecule has 0 amide bonds. The maximum absolute atomic E-state index is 4.75. The van der Waals surface area contributed by atoms with Gasteiger partial charge in [0.25, 0.3) is 0 Å². The number of fused-ring (bicyclic) bond motifs is 1. The molecule has 1 fully saturated rings. The Morgan fingerprint density at radius 1 is 1.12 bits per heavy atom. The smallest absolute Gasteiger partial charge is 0.191 e. The first-order valence-electron chi connectivity index (χ1n) is 10.8. The average molecular weight is 545 g/mol. The summed E-state index contributed by atoms with van der Waals surface area (Å²) < 4.78 is 0. The van der Waals surface area contributed by atoms with Crippen LogP contribution in [0.1, 0.15) is 18.4 Å². The lowest BCUT2D eigenvalue weighted by atomic mass is 10.1. The number of anilines is 2. The summed E-state index contributed by atoms with van der Waals surface area (Å²) in [6, 6.07) is 16.9. The van der Waals surface area contributed by atoms with Crippen LogP contribution in [0.3, 0.4) is 0 Å². The number of halogens is 1. The Bertz CT molecular complexity index is 1030. The predicted molar refractivity (Wildman–Crippen MR) is 144 cm³/mol. The Morgan fingerprint density at radius 3 is 2.56 bits per heavy atom. The molecule has 170 valence electrons. The van der Waals surface area contributed by atoms with Crippen LogP contribution in [-0.2, 0) is 6.54 Å². The minimum absolute atomic E-state index is 0. The van der Waals surface area contributed by atoms with E-state index in [1.807, 2.05) is 50.4 Å².